The molecule has 35 heavy (non-hydrogen) atoms. The molecular formula is C28H24FNO4S. The molecule has 1 aliphatic rings. The largest absolute Gasteiger partial charge is 0.493 e. The first-order chi connectivity index (χ1) is 17.0. The summed E-state index contributed by atoms with van der Waals surface area (Å²) in [4.78, 5) is 26.9. The van der Waals surface area contributed by atoms with Gasteiger partial charge in [-0.15, -0.1) is 6.58 Å². The molecule has 0 aliphatic carbocycles. The summed E-state index contributed by atoms with van der Waals surface area (Å²) in [6.45, 7) is 4.30. The molecule has 4 rings (SSSR count). The lowest BCUT2D eigenvalue weighted by Crippen LogP contribution is -2.27. The number of methoxy groups -OCH3 is 1. The second-order valence-electron chi connectivity index (χ2n) is 7.87. The van der Waals surface area contributed by atoms with E-state index in [1.807, 2.05) is 36.4 Å². The molecule has 0 saturated carbocycles. The van der Waals surface area contributed by atoms with E-state index in [9.17, 15) is 14.0 Å². The van der Waals surface area contributed by atoms with Gasteiger partial charge in [-0.3, -0.25) is 14.5 Å². The van der Waals surface area contributed by atoms with Crippen LogP contribution in [0.3, 0.4) is 0 Å². The molecule has 1 heterocycles. The van der Waals surface area contributed by atoms with Crippen molar-refractivity contribution in [1.82, 2.24) is 4.90 Å². The second-order valence-corrected chi connectivity index (χ2v) is 8.87. The molecule has 3 aromatic rings. The maximum absolute atomic E-state index is 13.2. The topological polar surface area (TPSA) is 55.8 Å². The average Bonchev–Trinajstić information content (AvgIpc) is 3.12. The maximum Gasteiger partial charge on any atom is 0.293 e. The summed E-state index contributed by atoms with van der Waals surface area (Å²) in [5.41, 5.74) is 3.26. The van der Waals surface area contributed by atoms with Crippen molar-refractivity contribution in [3.8, 4) is 11.5 Å². The van der Waals surface area contributed by atoms with Crippen molar-refractivity contribution in [2.45, 2.75) is 19.6 Å². The first-order valence-electron chi connectivity index (χ1n) is 11.0. The van der Waals surface area contributed by atoms with Crippen LogP contribution in [0.25, 0.3) is 6.08 Å². The van der Waals surface area contributed by atoms with Crippen molar-refractivity contribution < 1.29 is 23.5 Å². The lowest BCUT2D eigenvalue weighted by atomic mass is 10.0. The molecule has 5 nitrogen and oxygen atoms in total. The number of imide groups is 1. The normalized spacial score (nSPS) is 14.5. The zero-order chi connectivity index (χ0) is 24.8. The molecule has 1 fully saturated rings. The van der Waals surface area contributed by atoms with Crippen LogP contribution < -0.4 is 9.47 Å². The number of carbonyl (C=O) groups excluding carboxylic acids is 2. The van der Waals surface area contributed by atoms with E-state index in [-0.39, 0.29) is 17.6 Å². The number of halogens is 1. The third-order valence-electron chi connectivity index (χ3n) is 5.39. The van der Waals surface area contributed by atoms with E-state index >= 15 is 0 Å². The Labute approximate surface area is 207 Å². The van der Waals surface area contributed by atoms with Crippen LogP contribution in [0.2, 0.25) is 0 Å². The fraction of sp³-hybridized carbons (Fsp3) is 0.143. The number of rotatable bonds is 9. The SMILES string of the molecule is C=CCc1cc(/C=C2\SC(=O)N(Cc3ccc(F)cc3)C2=O)cc(OC)c1OCc1ccccc1. The van der Waals surface area contributed by atoms with E-state index < -0.39 is 5.91 Å². The van der Waals surface area contributed by atoms with Crippen molar-refractivity contribution in [1.29, 1.82) is 0 Å². The van der Waals surface area contributed by atoms with Crippen molar-refractivity contribution in [3.05, 3.63) is 112 Å². The molecule has 0 N–H and O–H groups in total. The van der Waals surface area contributed by atoms with Gasteiger partial charge in [0.25, 0.3) is 11.1 Å². The second kappa shape index (κ2) is 11.1. The Morgan fingerprint density at radius 2 is 1.77 bits per heavy atom. The van der Waals surface area contributed by atoms with Crippen LogP contribution in [0.5, 0.6) is 11.5 Å². The highest BCUT2D eigenvalue weighted by molar-refractivity contribution is 8.18. The fourth-order valence-corrected chi connectivity index (χ4v) is 4.52. The van der Waals surface area contributed by atoms with Gasteiger partial charge >= 0.3 is 0 Å². The zero-order valence-corrected chi connectivity index (χ0v) is 20.0. The molecule has 0 spiro atoms. The number of amides is 2. The van der Waals surface area contributed by atoms with Crippen molar-refractivity contribution >= 4 is 29.0 Å². The van der Waals surface area contributed by atoms with Crippen LogP contribution in [0.4, 0.5) is 9.18 Å². The summed E-state index contributed by atoms with van der Waals surface area (Å²) in [5, 5.41) is -0.369. The number of nitrogens with zero attached hydrogens (tertiary/aromatic N) is 1. The molecule has 3 aromatic carbocycles. The minimum absolute atomic E-state index is 0.0829. The van der Waals surface area contributed by atoms with Gasteiger partial charge in [0.2, 0.25) is 0 Å². The molecule has 0 bridgehead atoms. The third kappa shape index (κ3) is 5.81. The Balaban J connectivity index is 1.59. The van der Waals surface area contributed by atoms with Gasteiger partial charge < -0.3 is 9.47 Å². The summed E-state index contributed by atoms with van der Waals surface area (Å²) in [5.74, 6) is 0.371. The van der Waals surface area contributed by atoms with Gasteiger partial charge in [-0.05, 0) is 65.2 Å². The van der Waals surface area contributed by atoms with Crippen molar-refractivity contribution in [2.75, 3.05) is 7.11 Å². The molecule has 1 saturated heterocycles. The highest BCUT2D eigenvalue weighted by Gasteiger charge is 2.35. The van der Waals surface area contributed by atoms with Crippen LogP contribution in [-0.4, -0.2) is 23.2 Å². The predicted molar refractivity (Wildman–Crippen MR) is 136 cm³/mol. The lowest BCUT2D eigenvalue weighted by molar-refractivity contribution is -0.123. The van der Waals surface area contributed by atoms with E-state index in [1.54, 1.807) is 37.5 Å². The first-order valence-corrected chi connectivity index (χ1v) is 11.8. The van der Waals surface area contributed by atoms with Crippen molar-refractivity contribution in [3.63, 3.8) is 0 Å². The summed E-state index contributed by atoms with van der Waals surface area (Å²) >= 11 is 0.876. The van der Waals surface area contributed by atoms with Gasteiger partial charge in [0.1, 0.15) is 12.4 Å². The number of thioether (sulfide) groups is 1. The Bertz CT molecular complexity index is 1270. The van der Waals surface area contributed by atoms with Gasteiger partial charge in [0.05, 0.1) is 18.6 Å². The Kier molecular flexibility index (Phi) is 7.67. The number of benzene rings is 3. The van der Waals surface area contributed by atoms with Gasteiger partial charge in [-0.1, -0.05) is 48.5 Å². The Morgan fingerprint density at radius 1 is 1.03 bits per heavy atom. The van der Waals surface area contributed by atoms with E-state index in [4.69, 9.17) is 9.47 Å². The Hall–Kier alpha value is -3.84. The highest BCUT2D eigenvalue weighted by Crippen LogP contribution is 2.38. The van der Waals surface area contributed by atoms with Crippen LogP contribution in [0.1, 0.15) is 22.3 Å². The standard InChI is InChI=1S/C28H24FNO4S/c1-3-7-22-14-21(15-24(33-2)26(22)34-18-20-8-5-4-6-9-20)16-25-27(31)30(28(32)35-25)17-19-10-12-23(29)13-11-19/h3-6,8-16H,1,7,17-18H2,2H3/b25-16-. The van der Waals surface area contributed by atoms with Crippen LogP contribution >= 0.6 is 11.8 Å². The first kappa shape index (κ1) is 24.3. The van der Waals surface area contributed by atoms with E-state index in [0.29, 0.717) is 40.6 Å². The smallest absolute Gasteiger partial charge is 0.293 e. The molecule has 0 unspecified atom stereocenters. The number of allylic oxidation sites excluding steroid dienone is 1. The lowest BCUT2D eigenvalue weighted by Gasteiger charge is -2.16. The van der Waals surface area contributed by atoms with Gasteiger partial charge in [-0.25, -0.2) is 4.39 Å². The molecule has 0 atom stereocenters. The number of ether oxygens (including phenoxy) is 2. The average molecular weight is 490 g/mol. The summed E-state index contributed by atoms with van der Waals surface area (Å²) in [6, 6.07) is 19.2. The van der Waals surface area contributed by atoms with Crippen molar-refractivity contribution in [2.24, 2.45) is 0 Å². The quantitative estimate of drug-likeness (QED) is 0.258. The molecule has 1 aliphatic heterocycles. The molecule has 2 amide bonds. The van der Waals surface area contributed by atoms with Gasteiger partial charge in [-0.2, -0.15) is 0 Å². The van der Waals surface area contributed by atoms with E-state index in [0.717, 1.165) is 27.8 Å². The predicted octanol–water partition coefficient (Wildman–Crippen LogP) is 6.38. The van der Waals surface area contributed by atoms with Crippen LogP contribution in [0.15, 0.2) is 84.3 Å². The summed E-state index contributed by atoms with van der Waals surface area (Å²) < 4.78 is 24.9. The molecule has 0 radical (unpaired) electrons. The van der Waals surface area contributed by atoms with Gasteiger partial charge in [0, 0.05) is 5.56 Å². The number of hydrogen-bond acceptors (Lipinski definition) is 5. The Morgan fingerprint density at radius 3 is 2.46 bits per heavy atom. The van der Waals surface area contributed by atoms with E-state index in [1.165, 1.54) is 12.1 Å². The fourth-order valence-electron chi connectivity index (χ4n) is 3.68. The minimum Gasteiger partial charge on any atom is -0.493 e. The van der Waals surface area contributed by atoms with E-state index in [2.05, 4.69) is 6.58 Å². The third-order valence-corrected chi connectivity index (χ3v) is 6.30. The monoisotopic (exact) mass is 489 g/mol. The van der Waals surface area contributed by atoms with Crippen LogP contribution in [0, 0.1) is 5.82 Å². The van der Waals surface area contributed by atoms with Crippen LogP contribution in [-0.2, 0) is 24.4 Å². The van der Waals surface area contributed by atoms with Gasteiger partial charge in [0.15, 0.2) is 11.5 Å². The molecule has 0 aromatic heterocycles. The molecule has 7 heteroatoms. The summed E-state index contributed by atoms with van der Waals surface area (Å²) in [7, 11) is 1.56. The number of carbonyl (C=O) groups is 2. The summed E-state index contributed by atoms with van der Waals surface area (Å²) in [6.07, 6.45) is 3.98. The molecular weight excluding hydrogens is 465 g/mol. The number of hydrogen-bond donors (Lipinski definition) is 0. The maximum atomic E-state index is 13.2. The molecule has 178 valence electrons. The zero-order valence-electron chi connectivity index (χ0n) is 19.2. The minimum atomic E-state index is -0.391. The highest BCUT2D eigenvalue weighted by atomic mass is 32.2.